The van der Waals surface area contributed by atoms with Crippen LogP contribution in [0.15, 0.2) is 0 Å². The maximum atomic E-state index is 14.1. The van der Waals surface area contributed by atoms with Crippen molar-refractivity contribution in [2.75, 3.05) is 53.6 Å². The minimum atomic E-state index is -0.995. The van der Waals surface area contributed by atoms with Crippen molar-refractivity contribution in [1.29, 1.82) is 0 Å². The van der Waals surface area contributed by atoms with Crippen LogP contribution in [0, 0.1) is 23.7 Å². The summed E-state index contributed by atoms with van der Waals surface area (Å²) >= 11 is 0. The van der Waals surface area contributed by atoms with Gasteiger partial charge in [-0.1, -0.05) is 48.7 Å². The van der Waals surface area contributed by atoms with E-state index in [2.05, 4.69) is 89.8 Å². The van der Waals surface area contributed by atoms with E-state index >= 15 is 0 Å². The van der Waals surface area contributed by atoms with Gasteiger partial charge in [0.15, 0.2) is 0 Å². The summed E-state index contributed by atoms with van der Waals surface area (Å²) in [5.74, 6) is 9.89. The first-order chi connectivity index (χ1) is 30.9. The Balaban J connectivity index is 1.35. The van der Waals surface area contributed by atoms with Crippen molar-refractivity contribution in [3.63, 3.8) is 0 Å². The highest BCUT2D eigenvalue weighted by atomic mass is 16.5. The summed E-state index contributed by atoms with van der Waals surface area (Å²) in [6.45, 7) is 13.5. The van der Waals surface area contributed by atoms with Crippen LogP contribution in [0.5, 0.6) is 12.0 Å². The van der Waals surface area contributed by atoms with Gasteiger partial charge in [-0.15, -0.1) is 0 Å². The minimum absolute atomic E-state index is 0.0683. The molecule has 4 rings (SSSR count). The zero-order valence-corrected chi connectivity index (χ0v) is 38.7. The van der Waals surface area contributed by atoms with Gasteiger partial charge in [0.1, 0.15) is 25.3 Å². The van der Waals surface area contributed by atoms with Crippen LogP contribution in [0.3, 0.4) is 0 Å². The highest BCUT2D eigenvalue weighted by molar-refractivity contribution is 5.91. The number of nitrogens with zero attached hydrogens (tertiary/aromatic N) is 10. The number of tetrazole rings is 2. The average Bonchev–Trinajstić information content (AvgIpc) is 4.14. The highest BCUT2D eigenvalue weighted by Gasteiger charge is 2.39. The number of hydrogen-bond acceptors (Lipinski definition) is 16. The highest BCUT2D eigenvalue weighted by Crippen LogP contribution is 2.24. The van der Waals surface area contributed by atoms with Gasteiger partial charge in [-0.3, -0.25) is 19.2 Å². The summed E-state index contributed by atoms with van der Waals surface area (Å²) in [6, 6.07) is -2.92. The number of likely N-dealkylation sites (N-methyl/N-ethyl adjacent to an activating group) is 2. The minimum Gasteiger partial charge on any atom is -0.463 e. The number of hydrogen-bond donors (Lipinski definition) is 4. The van der Waals surface area contributed by atoms with Crippen LogP contribution in [0.2, 0.25) is 0 Å². The predicted octanol–water partition coefficient (Wildman–Crippen LogP) is -0.298. The average molecular weight is 897 g/mol. The largest absolute Gasteiger partial charge is 0.463 e. The topological polar surface area (TPSA) is 247 Å². The molecule has 2 fully saturated rings. The smallest absolute Gasteiger partial charge is 0.335 e. The van der Waals surface area contributed by atoms with E-state index in [1.807, 2.05) is 0 Å². The van der Waals surface area contributed by atoms with Gasteiger partial charge < -0.3 is 50.0 Å². The van der Waals surface area contributed by atoms with Gasteiger partial charge in [0.25, 0.3) is 0 Å². The number of likely N-dealkylation sites (tertiary alicyclic amines) is 2. The predicted molar refractivity (Wildman–Crippen MR) is 233 cm³/mol. The lowest BCUT2D eigenvalue weighted by Gasteiger charge is -2.32. The van der Waals surface area contributed by atoms with Gasteiger partial charge in [0.2, 0.25) is 23.6 Å². The summed E-state index contributed by atoms with van der Waals surface area (Å²) in [7, 11) is 3.33. The Bertz CT molecular complexity index is 1770. The van der Waals surface area contributed by atoms with Crippen molar-refractivity contribution < 1.29 is 38.1 Å². The molecule has 0 radical (unpaired) electrons. The van der Waals surface area contributed by atoms with E-state index in [0.717, 1.165) is 51.4 Å². The van der Waals surface area contributed by atoms with Crippen LogP contribution in [0.25, 0.3) is 0 Å². The molecule has 2 saturated heterocycles. The van der Waals surface area contributed by atoms with E-state index in [0.29, 0.717) is 51.4 Å². The first kappa shape index (κ1) is 51.2. The molecule has 0 unspecified atom stereocenters. The van der Waals surface area contributed by atoms with Gasteiger partial charge in [-0.2, -0.15) is 9.36 Å². The van der Waals surface area contributed by atoms with E-state index < -0.39 is 36.4 Å². The molecule has 8 atom stereocenters. The van der Waals surface area contributed by atoms with Crippen LogP contribution in [0.1, 0.15) is 92.9 Å². The zero-order chi connectivity index (χ0) is 46.4. The number of aromatic nitrogens is 8. The second-order valence-corrected chi connectivity index (χ2v) is 16.0. The van der Waals surface area contributed by atoms with Crippen molar-refractivity contribution in [3.8, 4) is 35.7 Å². The summed E-state index contributed by atoms with van der Waals surface area (Å²) in [6.07, 6.45) is 5.19. The molecular formula is C42H68N14O8. The van der Waals surface area contributed by atoms with E-state index in [-0.39, 0.29) is 48.9 Å². The first-order valence-electron chi connectivity index (χ1n) is 22.5. The molecule has 0 bridgehead atoms. The van der Waals surface area contributed by atoms with Crippen LogP contribution in [0.4, 0.5) is 0 Å². The molecule has 64 heavy (non-hydrogen) atoms. The Morgan fingerprint density at radius 3 is 1.45 bits per heavy atom. The fourth-order valence-corrected chi connectivity index (χ4v) is 7.11. The lowest BCUT2D eigenvalue weighted by Crippen LogP contribution is -2.58. The van der Waals surface area contributed by atoms with E-state index in [1.165, 1.54) is 0 Å². The Hall–Kier alpha value is -5.42. The molecule has 0 saturated carbocycles. The van der Waals surface area contributed by atoms with Crippen molar-refractivity contribution in [1.82, 2.24) is 71.5 Å². The maximum Gasteiger partial charge on any atom is 0.335 e. The summed E-state index contributed by atoms with van der Waals surface area (Å²) in [5.41, 5.74) is 0. The molecule has 0 aliphatic carbocycles. The van der Waals surface area contributed by atoms with E-state index in [9.17, 15) is 19.2 Å². The molecule has 0 spiro atoms. The maximum absolute atomic E-state index is 14.1. The van der Waals surface area contributed by atoms with Crippen LogP contribution in [-0.2, 0) is 41.7 Å². The third-order valence-corrected chi connectivity index (χ3v) is 11.3. The zero-order valence-electron chi connectivity index (χ0n) is 38.7. The van der Waals surface area contributed by atoms with Crippen LogP contribution >= 0.6 is 0 Å². The fraction of sp³-hybridized carbons (Fsp3) is 0.762. The van der Waals surface area contributed by atoms with Crippen molar-refractivity contribution in [2.45, 2.75) is 154 Å². The number of unbranched alkanes of at least 4 members (excludes halogenated alkanes) is 2. The number of carbonyl (C=O) groups excluding carboxylic acids is 4. The second-order valence-electron chi connectivity index (χ2n) is 16.0. The Morgan fingerprint density at radius 2 is 1.08 bits per heavy atom. The number of carbonyl (C=O) groups is 4. The van der Waals surface area contributed by atoms with Crippen LogP contribution < -0.4 is 30.7 Å². The molecule has 4 N–H and O–H groups in total. The first-order valence-corrected chi connectivity index (χ1v) is 22.5. The van der Waals surface area contributed by atoms with Crippen molar-refractivity contribution in [2.24, 2.45) is 0 Å². The number of rotatable bonds is 26. The van der Waals surface area contributed by atoms with Crippen LogP contribution in [-0.4, -0.2) is 176 Å². The molecule has 22 nitrogen and oxygen atoms in total. The van der Waals surface area contributed by atoms with E-state index in [1.54, 1.807) is 61.0 Å². The molecule has 0 aromatic carbocycles. The molecule has 4 heterocycles. The Kier molecular flexibility index (Phi) is 21.6. The molecule has 4 amide bonds. The molecular weight excluding hydrogens is 829 g/mol. The number of ether oxygens (including phenoxy) is 4. The van der Waals surface area contributed by atoms with Gasteiger partial charge in [0, 0.05) is 13.1 Å². The summed E-state index contributed by atoms with van der Waals surface area (Å²) < 4.78 is 26.6. The standard InChI is InChI=1S/C42H68N14O8/c1-9-11-23-63-41-47-49-51-55(41)27-33-19-17-21-53(33)39(59)35(45-37(57)29(3)43-7)31(5)61-25-15-13-14-16-26-62-32(6)36(46-38(58)30(4)44-8)40(60)54-22-18-20-34(54)28-56-42(48-50-52-56)64-24-12-10-2/h29-36,43-44H,9-12,17-28H2,1-8H3,(H,45,57)(H,46,58)/t29-,30-,31+,32+,33-,34-,35-,36-/m0/s1. The van der Waals surface area contributed by atoms with Gasteiger partial charge >= 0.3 is 12.0 Å². The lowest BCUT2D eigenvalue weighted by atomic mass is 10.1. The molecule has 354 valence electrons. The Labute approximate surface area is 376 Å². The number of amides is 4. The van der Waals surface area contributed by atoms with Gasteiger partial charge in [0.05, 0.1) is 62.7 Å². The molecule has 22 heteroatoms. The van der Waals surface area contributed by atoms with E-state index in [4.69, 9.17) is 18.9 Å². The molecule has 2 aromatic rings. The normalized spacial score (nSPS) is 18.7. The van der Waals surface area contributed by atoms with Gasteiger partial charge in [-0.05, 0) is 113 Å². The molecule has 2 aromatic heterocycles. The third-order valence-electron chi connectivity index (χ3n) is 11.3. The summed E-state index contributed by atoms with van der Waals surface area (Å²) in [5, 5.41) is 35.3. The van der Waals surface area contributed by atoms with Gasteiger partial charge in [-0.25, -0.2) is 0 Å². The lowest BCUT2D eigenvalue weighted by molar-refractivity contribution is -0.142. The second kappa shape index (κ2) is 27.0. The van der Waals surface area contributed by atoms with Crippen molar-refractivity contribution >= 4 is 23.6 Å². The fourth-order valence-electron chi connectivity index (χ4n) is 7.11. The SMILES string of the molecule is CCCCOc1nnnn1C[C@@H]1CCCN1C(=O)[C@@H](NC(=O)[C@H](C)NC)[C@@H](C)OCC#CC#CCO[C@H](C)[C@H](NC(=O)[C@H](C)NC)C(=O)N1CCC[C@H]1Cn1nnnc1OCCCC. The summed E-state index contributed by atoms with van der Waals surface area (Å²) in [4.78, 5) is 57.8. The third kappa shape index (κ3) is 15.1. The Morgan fingerprint density at radius 1 is 0.672 bits per heavy atom. The monoisotopic (exact) mass is 897 g/mol. The molecule has 2 aliphatic rings. The van der Waals surface area contributed by atoms with Crippen molar-refractivity contribution in [3.05, 3.63) is 0 Å². The quantitative estimate of drug-likeness (QED) is 0.0700. The number of nitrogens with one attached hydrogen (secondary N) is 4. The molecule has 2 aliphatic heterocycles.